The van der Waals surface area contributed by atoms with E-state index in [1.54, 1.807) is 0 Å². The molecule has 7 nitrogen and oxygen atoms in total. The number of alkyl halides is 3. The second kappa shape index (κ2) is 8.44. The van der Waals surface area contributed by atoms with Crippen LogP contribution in [0.5, 0.6) is 5.75 Å². The first-order chi connectivity index (χ1) is 13.0. The van der Waals surface area contributed by atoms with Crippen molar-refractivity contribution in [3.8, 4) is 5.75 Å². The Morgan fingerprint density at radius 3 is 2.57 bits per heavy atom. The second-order valence-electron chi connectivity index (χ2n) is 5.39. The molecule has 0 spiro atoms. The van der Waals surface area contributed by atoms with Crippen molar-refractivity contribution in [1.82, 2.24) is 5.43 Å². The number of benzene rings is 2. The number of carbonyl (C=O) groups excluding carboxylic acids is 1. The van der Waals surface area contributed by atoms with Crippen molar-refractivity contribution < 1.29 is 28.0 Å². The third kappa shape index (κ3) is 5.33. The van der Waals surface area contributed by atoms with E-state index in [9.17, 15) is 33.2 Å². The molecule has 2 N–H and O–H groups in total. The number of nitrogens with one attached hydrogen (secondary N) is 1. The maximum Gasteiger partial charge on any atom is 0.416 e. The summed E-state index contributed by atoms with van der Waals surface area (Å²) in [6.45, 7) is 0. The van der Waals surface area contributed by atoms with Crippen LogP contribution in [0.2, 0.25) is 10.0 Å². The number of hydrogen-bond acceptors (Lipinski definition) is 5. The van der Waals surface area contributed by atoms with Crippen molar-refractivity contribution in [2.24, 2.45) is 5.10 Å². The van der Waals surface area contributed by atoms with Crippen LogP contribution in [0.3, 0.4) is 0 Å². The topological polar surface area (TPSA) is 105 Å². The molecule has 0 atom stereocenters. The highest BCUT2D eigenvalue weighted by Gasteiger charge is 2.33. The van der Waals surface area contributed by atoms with Gasteiger partial charge in [-0.1, -0.05) is 29.3 Å². The van der Waals surface area contributed by atoms with E-state index in [0.29, 0.717) is 12.1 Å². The molecule has 12 heteroatoms. The normalized spacial score (nSPS) is 11.6. The minimum Gasteiger partial charge on any atom is -0.506 e. The van der Waals surface area contributed by atoms with Crippen LogP contribution in [0.4, 0.5) is 18.9 Å². The molecule has 0 aliphatic rings. The molecule has 2 aromatic rings. The first kappa shape index (κ1) is 21.5. The molecule has 0 aliphatic heterocycles. The molecule has 0 saturated heterocycles. The monoisotopic (exact) mass is 435 g/mol. The number of phenolic OH excluding ortho intramolecular Hbond substituents is 1. The summed E-state index contributed by atoms with van der Waals surface area (Å²) in [7, 11) is 0. The van der Waals surface area contributed by atoms with Crippen molar-refractivity contribution in [3.05, 3.63) is 67.2 Å². The van der Waals surface area contributed by atoms with Crippen LogP contribution in [0.25, 0.3) is 0 Å². The number of halogens is 5. The van der Waals surface area contributed by atoms with Gasteiger partial charge >= 0.3 is 6.18 Å². The lowest BCUT2D eigenvalue weighted by Gasteiger charge is -2.08. The summed E-state index contributed by atoms with van der Waals surface area (Å²) < 4.78 is 38.0. The van der Waals surface area contributed by atoms with Gasteiger partial charge in [-0.3, -0.25) is 14.9 Å². The number of nitrogens with zero attached hydrogens (tertiary/aromatic N) is 2. The highest BCUT2D eigenvalue weighted by molar-refractivity contribution is 6.36. The van der Waals surface area contributed by atoms with Gasteiger partial charge in [0.25, 0.3) is 5.69 Å². The molecule has 1 amide bonds. The molecule has 0 bridgehead atoms. The van der Waals surface area contributed by atoms with Crippen molar-refractivity contribution in [2.75, 3.05) is 0 Å². The predicted octanol–water partition coefficient (Wildman–Crippen LogP) is 4.32. The second-order valence-corrected chi connectivity index (χ2v) is 6.24. The average molecular weight is 436 g/mol. The Balaban J connectivity index is 2.14. The number of aromatic hydroxyl groups is 1. The number of rotatable bonds is 5. The van der Waals surface area contributed by atoms with Gasteiger partial charge in [-0.15, -0.1) is 0 Å². The molecular weight excluding hydrogens is 426 g/mol. The quantitative estimate of drug-likeness (QED) is 0.414. The molecular formula is C16H10Cl2F3N3O4. The Labute approximate surface area is 165 Å². The molecule has 2 rings (SSSR count). The number of hydrazone groups is 1. The average Bonchev–Trinajstić information content (AvgIpc) is 2.58. The van der Waals surface area contributed by atoms with Crippen molar-refractivity contribution in [2.45, 2.75) is 12.6 Å². The minimum atomic E-state index is -4.75. The zero-order valence-corrected chi connectivity index (χ0v) is 15.1. The van der Waals surface area contributed by atoms with Crippen LogP contribution in [-0.4, -0.2) is 22.2 Å². The highest BCUT2D eigenvalue weighted by atomic mass is 35.5. The SMILES string of the molecule is O=C(Cc1ccc(C(F)(F)F)cc1[N+](=O)[O-])N/N=C/c1cc(Cl)cc(Cl)c1O. The van der Waals surface area contributed by atoms with Gasteiger partial charge in [0.1, 0.15) is 5.75 Å². The maximum atomic E-state index is 12.7. The third-order valence-electron chi connectivity index (χ3n) is 3.41. The van der Waals surface area contributed by atoms with Gasteiger partial charge in [0.15, 0.2) is 0 Å². The van der Waals surface area contributed by atoms with Crippen LogP contribution in [0.15, 0.2) is 35.4 Å². The largest absolute Gasteiger partial charge is 0.506 e. The summed E-state index contributed by atoms with van der Waals surface area (Å²) in [5.74, 6) is -1.16. The fourth-order valence-electron chi connectivity index (χ4n) is 2.13. The van der Waals surface area contributed by atoms with E-state index >= 15 is 0 Å². The number of amides is 1. The summed E-state index contributed by atoms with van der Waals surface area (Å²) in [5, 5.41) is 24.5. The molecule has 0 unspecified atom stereocenters. The summed E-state index contributed by atoms with van der Waals surface area (Å²) in [6, 6.07) is 4.47. The van der Waals surface area contributed by atoms with Crippen LogP contribution < -0.4 is 5.43 Å². The van der Waals surface area contributed by atoms with Gasteiger partial charge in [0.05, 0.1) is 28.1 Å². The summed E-state index contributed by atoms with van der Waals surface area (Å²) in [6.07, 6.45) is -4.31. The number of phenols is 1. The lowest BCUT2D eigenvalue weighted by atomic mass is 10.1. The maximum absolute atomic E-state index is 12.7. The molecule has 2 aromatic carbocycles. The molecule has 148 valence electrons. The third-order valence-corrected chi connectivity index (χ3v) is 3.92. The summed E-state index contributed by atoms with van der Waals surface area (Å²) in [4.78, 5) is 21.9. The van der Waals surface area contributed by atoms with Gasteiger partial charge in [0, 0.05) is 22.2 Å². The van der Waals surface area contributed by atoms with Crippen LogP contribution in [0, 0.1) is 10.1 Å². The Morgan fingerprint density at radius 2 is 1.96 bits per heavy atom. The van der Waals surface area contributed by atoms with E-state index in [2.05, 4.69) is 5.10 Å². The van der Waals surface area contributed by atoms with E-state index < -0.39 is 34.7 Å². The lowest BCUT2D eigenvalue weighted by Crippen LogP contribution is -2.20. The van der Waals surface area contributed by atoms with Crippen molar-refractivity contribution in [1.29, 1.82) is 0 Å². The van der Waals surface area contributed by atoms with E-state index in [4.69, 9.17) is 23.2 Å². The lowest BCUT2D eigenvalue weighted by molar-refractivity contribution is -0.385. The molecule has 0 fully saturated rings. The standard InChI is InChI=1S/C16H10Cl2F3N3O4/c17-11-3-9(15(26)12(18)6-11)7-22-23-14(25)4-8-1-2-10(16(19,20)21)5-13(8)24(27)28/h1-3,5-7,26H,4H2,(H,23,25)/b22-7+. The van der Waals surface area contributed by atoms with Gasteiger partial charge in [0.2, 0.25) is 5.91 Å². The number of nitro benzene ring substituents is 1. The summed E-state index contributed by atoms with van der Waals surface area (Å²) >= 11 is 11.5. The van der Waals surface area contributed by atoms with E-state index in [-0.39, 0.29) is 26.9 Å². The van der Waals surface area contributed by atoms with Gasteiger partial charge in [-0.05, 0) is 18.2 Å². The summed E-state index contributed by atoms with van der Waals surface area (Å²) in [5.41, 5.74) is -0.121. The molecule has 28 heavy (non-hydrogen) atoms. The van der Waals surface area contributed by atoms with E-state index in [0.717, 1.165) is 12.3 Å². The zero-order chi connectivity index (χ0) is 21.1. The Hall–Kier alpha value is -2.85. The van der Waals surface area contributed by atoms with Crippen molar-refractivity contribution >= 4 is 41.0 Å². The number of carbonyl (C=O) groups is 1. The Bertz CT molecular complexity index is 965. The van der Waals surface area contributed by atoms with Gasteiger partial charge in [-0.25, -0.2) is 5.43 Å². The van der Waals surface area contributed by atoms with Gasteiger partial charge in [-0.2, -0.15) is 18.3 Å². The molecule has 0 saturated carbocycles. The number of nitro groups is 1. The van der Waals surface area contributed by atoms with Crippen molar-refractivity contribution in [3.63, 3.8) is 0 Å². The molecule has 0 aliphatic carbocycles. The van der Waals surface area contributed by atoms with Crippen LogP contribution >= 0.6 is 23.2 Å². The Kier molecular flexibility index (Phi) is 6.47. The van der Waals surface area contributed by atoms with Crippen LogP contribution in [0.1, 0.15) is 16.7 Å². The van der Waals surface area contributed by atoms with E-state index in [1.165, 1.54) is 12.1 Å². The van der Waals surface area contributed by atoms with Gasteiger partial charge < -0.3 is 5.11 Å². The first-order valence-corrected chi connectivity index (χ1v) is 8.09. The molecule has 0 aromatic heterocycles. The predicted molar refractivity (Wildman–Crippen MR) is 95.7 cm³/mol. The zero-order valence-electron chi connectivity index (χ0n) is 13.6. The fourth-order valence-corrected chi connectivity index (χ4v) is 2.64. The number of hydrogen-bond donors (Lipinski definition) is 2. The highest BCUT2D eigenvalue weighted by Crippen LogP contribution is 2.33. The van der Waals surface area contributed by atoms with Crippen LogP contribution in [-0.2, 0) is 17.4 Å². The smallest absolute Gasteiger partial charge is 0.416 e. The molecule has 0 radical (unpaired) electrons. The first-order valence-electron chi connectivity index (χ1n) is 7.33. The molecule has 0 heterocycles. The minimum absolute atomic E-state index is 0.0411. The van der Waals surface area contributed by atoms with E-state index in [1.807, 2.05) is 5.43 Å². The Morgan fingerprint density at radius 1 is 1.29 bits per heavy atom. The fraction of sp³-hybridized carbons (Fsp3) is 0.125.